The minimum Gasteiger partial charge on any atom is -0.459 e. The highest BCUT2D eigenvalue weighted by molar-refractivity contribution is 5.88. The van der Waals surface area contributed by atoms with E-state index in [0.29, 0.717) is 19.3 Å². The number of hydrogen-bond acceptors (Lipinski definition) is 14. The van der Waals surface area contributed by atoms with Crippen LogP contribution in [0.2, 0.25) is 0 Å². The summed E-state index contributed by atoms with van der Waals surface area (Å²) in [5, 5.41) is 72.0. The van der Waals surface area contributed by atoms with Crippen LogP contribution in [0, 0.1) is 29.6 Å². The molecule has 304 valence electrons. The van der Waals surface area contributed by atoms with E-state index in [4.69, 9.17) is 23.7 Å². The first-order chi connectivity index (χ1) is 24.0. The molecule has 0 aromatic carbocycles. The molecule has 1 aliphatic carbocycles. The molecule has 14 heteroatoms. The molecule has 0 aromatic rings. The standard InChI is InChI=1S/C38H70N2O12/c1-14-27-38(10,46)32(43)22(5)28(39-47)20(3)17-36(8,45)33(52-35-29(41)26(40(11)12)16-21(4)49-35)23(6)30(24(7)34(44)51-27)50-25-15-19(2)31(42)37(9,18-25)48-13/h19-27,29-33,35,41-43,45-47H,14-18H2,1-13H3/b39-28-/t19-,20-,21-,22-,23-,24-,25-,26+,27+,29-,30-,31+,32+,33-,35+,36-,37-,38-/m1/s1. The van der Waals surface area contributed by atoms with E-state index >= 15 is 0 Å². The third-order valence-corrected chi connectivity index (χ3v) is 12.4. The maximum Gasteiger partial charge on any atom is 0.311 e. The Hall–Kier alpha value is -1.46. The summed E-state index contributed by atoms with van der Waals surface area (Å²) in [5.41, 5.74) is -4.47. The molecule has 3 rings (SSSR count). The topological polar surface area (TPSA) is 200 Å². The van der Waals surface area contributed by atoms with Crippen LogP contribution in [0.3, 0.4) is 0 Å². The molecule has 52 heavy (non-hydrogen) atoms. The SMILES string of the molecule is CC[C@@H]1OC(=O)[C@H](C)[C@H](O[C@@H]2C[C@@H](C)[C@H](O)[C@](C)(OC)C2)[C@@H](C)[C@@H](O[C@@H]2O[C@H](C)C[C@H](N(C)C)[C@H]2O)[C@](C)(O)C[C@@H](C)/C(=N/O)[C@@H](C)[C@H](O)[C@]1(C)O. The van der Waals surface area contributed by atoms with E-state index in [-0.39, 0.29) is 36.6 Å². The number of esters is 1. The Morgan fingerprint density at radius 1 is 0.923 bits per heavy atom. The molecule has 0 spiro atoms. The minimum atomic E-state index is -1.94. The fourth-order valence-corrected chi connectivity index (χ4v) is 9.17. The molecule has 6 N–H and O–H groups in total. The summed E-state index contributed by atoms with van der Waals surface area (Å²) in [5.74, 6) is -4.19. The first kappa shape index (κ1) is 44.9. The Bertz CT molecular complexity index is 1200. The fourth-order valence-electron chi connectivity index (χ4n) is 9.17. The van der Waals surface area contributed by atoms with Crippen LogP contribution < -0.4 is 0 Å². The van der Waals surface area contributed by atoms with E-state index in [1.807, 2.05) is 46.7 Å². The second-order valence-electron chi connectivity index (χ2n) is 17.2. The number of carbonyl (C=O) groups is 1. The van der Waals surface area contributed by atoms with E-state index in [1.165, 1.54) is 14.0 Å². The van der Waals surface area contributed by atoms with Crippen LogP contribution in [0.1, 0.15) is 101 Å². The third kappa shape index (κ3) is 9.49. The maximum atomic E-state index is 14.2. The molecule has 0 aromatic heterocycles. The van der Waals surface area contributed by atoms with Crippen LogP contribution in [-0.4, -0.2) is 146 Å². The third-order valence-electron chi connectivity index (χ3n) is 12.4. The summed E-state index contributed by atoms with van der Waals surface area (Å²) in [4.78, 5) is 16.1. The Labute approximate surface area is 310 Å². The lowest BCUT2D eigenvalue weighted by atomic mass is 9.73. The number of methoxy groups -OCH3 is 1. The van der Waals surface area contributed by atoms with E-state index in [0.717, 1.165) is 0 Å². The van der Waals surface area contributed by atoms with Crippen molar-refractivity contribution in [1.82, 2.24) is 4.90 Å². The van der Waals surface area contributed by atoms with Crippen molar-refractivity contribution < 1.29 is 59.2 Å². The monoisotopic (exact) mass is 746 g/mol. The number of aliphatic hydroxyl groups excluding tert-OH is 3. The second kappa shape index (κ2) is 17.6. The zero-order valence-electron chi connectivity index (χ0n) is 33.7. The van der Waals surface area contributed by atoms with Gasteiger partial charge in [-0.05, 0) is 80.3 Å². The number of cyclic esters (lactones) is 1. The van der Waals surface area contributed by atoms with E-state index in [1.54, 1.807) is 34.6 Å². The number of likely N-dealkylation sites (N-methyl/N-ethyl adjacent to an activating group) is 1. The van der Waals surface area contributed by atoms with Gasteiger partial charge < -0.3 is 59.3 Å². The Balaban J connectivity index is 2.21. The molecule has 1 saturated carbocycles. The molecule has 0 unspecified atom stereocenters. The first-order valence-corrected chi connectivity index (χ1v) is 19.1. The molecule has 3 fully saturated rings. The highest BCUT2D eigenvalue weighted by Crippen LogP contribution is 2.42. The molecule has 2 heterocycles. The number of ether oxygens (including phenoxy) is 5. The second-order valence-corrected chi connectivity index (χ2v) is 17.2. The lowest BCUT2D eigenvalue weighted by Crippen LogP contribution is -2.60. The van der Waals surface area contributed by atoms with Gasteiger partial charge in [-0.15, -0.1) is 0 Å². The quantitative estimate of drug-likeness (QED) is 0.126. The van der Waals surface area contributed by atoms with Crippen molar-refractivity contribution in [3.05, 3.63) is 0 Å². The highest BCUT2D eigenvalue weighted by atomic mass is 16.7. The Morgan fingerprint density at radius 3 is 2.08 bits per heavy atom. The van der Waals surface area contributed by atoms with Gasteiger partial charge in [0.25, 0.3) is 0 Å². The molecular formula is C38H70N2O12. The van der Waals surface area contributed by atoms with Gasteiger partial charge in [0.2, 0.25) is 0 Å². The van der Waals surface area contributed by atoms with Gasteiger partial charge in [0.05, 0.1) is 59.5 Å². The average Bonchev–Trinajstić information content (AvgIpc) is 3.06. The Kier molecular flexibility index (Phi) is 15.2. The summed E-state index contributed by atoms with van der Waals surface area (Å²) in [6.07, 6.45) is -7.02. The number of oxime groups is 1. The van der Waals surface area contributed by atoms with Crippen molar-refractivity contribution >= 4 is 11.7 Å². The van der Waals surface area contributed by atoms with Crippen molar-refractivity contribution in [1.29, 1.82) is 0 Å². The van der Waals surface area contributed by atoms with Crippen LogP contribution in [0.4, 0.5) is 0 Å². The summed E-state index contributed by atoms with van der Waals surface area (Å²) in [7, 11) is 5.27. The van der Waals surface area contributed by atoms with Crippen LogP contribution in [0.15, 0.2) is 5.16 Å². The van der Waals surface area contributed by atoms with Crippen molar-refractivity contribution in [3.8, 4) is 0 Å². The van der Waals surface area contributed by atoms with Crippen LogP contribution >= 0.6 is 0 Å². The number of rotatable bonds is 7. The molecule has 2 saturated heterocycles. The molecule has 18 atom stereocenters. The lowest BCUT2D eigenvalue weighted by Gasteiger charge is -2.49. The minimum absolute atomic E-state index is 0.0345. The molecule has 0 radical (unpaired) electrons. The van der Waals surface area contributed by atoms with Crippen molar-refractivity contribution in [3.63, 3.8) is 0 Å². The number of hydrogen-bond donors (Lipinski definition) is 6. The van der Waals surface area contributed by atoms with Crippen LogP contribution in [-0.2, 0) is 28.5 Å². The van der Waals surface area contributed by atoms with Crippen LogP contribution in [0.25, 0.3) is 0 Å². The van der Waals surface area contributed by atoms with Crippen molar-refractivity contribution in [2.75, 3.05) is 21.2 Å². The zero-order chi connectivity index (χ0) is 39.7. The van der Waals surface area contributed by atoms with Gasteiger partial charge in [0, 0.05) is 37.3 Å². The van der Waals surface area contributed by atoms with E-state index in [9.17, 15) is 35.5 Å². The zero-order valence-corrected chi connectivity index (χ0v) is 33.7. The van der Waals surface area contributed by atoms with Crippen molar-refractivity contribution in [2.45, 2.75) is 179 Å². The van der Waals surface area contributed by atoms with Gasteiger partial charge in [-0.25, -0.2) is 0 Å². The van der Waals surface area contributed by atoms with Gasteiger partial charge in [0.15, 0.2) is 6.29 Å². The lowest BCUT2D eigenvalue weighted by molar-refractivity contribution is -0.301. The maximum absolute atomic E-state index is 14.2. The van der Waals surface area contributed by atoms with Gasteiger partial charge in [-0.3, -0.25) is 4.79 Å². The van der Waals surface area contributed by atoms with Crippen LogP contribution in [0.5, 0.6) is 0 Å². The predicted molar refractivity (Wildman–Crippen MR) is 194 cm³/mol. The summed E-state index contributed by atoms with van der Waals surface area (Å²) in [6, 6.07) is -0.302. The number of aliphatic hydroxyl groups is 5. The van der Waals surface area contributed by atoms with Gasteiger partial charge in [-0.1, -0.05) is 39.8 Å². The molecule has 3 aliphatic rings. The van der Waals surface area contributed by atoms with E-state index in [2.05, 4.69) is 5.16 Å². The predicted octanol–water partition coefficient (Wildman–Crippen LogP) is 2.71. The smallest absolute Gasteiger partial charge is 0.311 e. The number of nitrogens with zero attached hydrogens (tertiary/aromatic N) is 2. The molecular weight excluding hydrogens is 676 g/mol. The highest BCUT2D eigenvalue weighted by Gasteiger charge is 2.53. The average molecular weight is 747 g/mol. The first-order valence-electron chi connectivity index (χ1n) is 19.1. The fraction of sp³-hybridized carbons (Fsp3) is 0.947. The molecule has 14 nitrogen and oxygen atoms in total. The van der Waals surface area contributed by atoms with Gasteiger partial charge >= 0.3 is 5.97 Å². The van der Waals surface area contributed by atoms with Gasteiger partial charge in [-0.2, -0.15) is 0 Å². The summed E-state index contributed by atoms with van der Waals surface area (Å²) in [6.45, 7) is 17.2. The Morgan fingerprint density at radius 2 is 1.54 bits per heavy atom. The number of carbonyl (C=O) groups excluding carboxylic acids is 1. The van der Waals surface area contributed by atoms with Gasteiger partial charge in [0.1, 0.15) is 17.8 Å². The molecule has 0 bridgehead atoms. The largest absolute Gasteiger partial charge is 0.459 e. The normalized spacial score (nSPS) is 49.8. The summed E-state index contributed by atoms with van der Waals surface area (Å²) < 4.78 is 31.5. The van der Waals surface area contributed by atoms with Crippen molar-refractivity contribution in [2.24, 2.45) is 34.7 Å². The molecule has 2 aliphatic heterocycles. The van der Waals surface area contributed by atoms with E-state index < -0.39 is 95.5 Å². The molecule has 0 amide bonds. The summed E-state index contributed by atoms with van der Waals surface area (Å²) >= 11 is 0.